The fourth-order valence-corrected chi connectivity index (χ4v) is 3.67. The molecule has 0 aliphatic rings. The van der Waals surface area contributed by atoms with Crippen molar-refractivity contribution in [1.29, 1.82) is 5.26 Å². The van der Waals surface area contributed by atoms with Gasteiger partial charge in [-0.3, -0.25) is 4.79 Å². The van der Waals surface area contributed by atoms with Crippen LogP contribution in [0.3, 0.4) is 0 Å². The van der Waals surface area contributed by atoms with Gasteiger partial charge in [-0.05, 0) is 24.6 Å². The Morgan fingerprint density at radius 1 is 1.29 bits per heavy atom. The van der Waals surface area contributed by atoms with Gasteiger partial charge in [0.2, 0.25) is 0 Å². The molecule has 1 aromatic carbocycles. The van der Waals surface area contributed by atoms with E-state index in [9.17, 15) is 10.1 Å². The molecule has 5 nitrogen and oxygen atoms in total. The summed E-state index contributed by atoms with van der Waals surface area (Å²) in [6.07, 6.45) is 0.818. The summed E-state index contributed by atoms with van der Waals surface area (Å²) in [5, 5.41) is 10.5. The van der Waals surface area contributed by atoms with Gasteiger partial charge in [-0.1, -0.05) is 12.1 Å². The molecule has 0 saturated heterocycles. The SMILES string of the molecule is CCN(CCOC)c1sc(C=O)c(-c2ccc(OC)cc2)c1C#N. The summed E-state index contributed by atoms with van der Waals surface area (Å²) >= 11 is 1.35. The van der Waals surface area contributed by atoms with Crippen molar-refractivity contribution in [3.8, 4) is 22.9 Å². The van der Waals surface area contributed by atoms with Crippen LogP contribution in [0.25, 0.3) is 11.1 Å². The molecule has 0 bridgehead atoms. The Bertz CT molecular complexity index is 732. The molecule has 0 spiro atoms. The summed E-state index contributed by atoms with van der Waals surface area (Å²) in [7, 11) is 3.25. The van der Waals surface area contributed by atoms with Gasteiger partial charge in [0.1, 0.15) is 16.8 Å². The first-order valence-electron chi connectivity index (χ1n) is 7.60. The Hall–Kier alpha value is -2.36. The number of rotatable bonds is 8. The lowest BCUT2D eigenvalue weighted by Crippen LogP contribution is -2.26. The first kappa shape index (κ1) is 18.0. The number of hydrogen-bond acceptors (Lipinski definition) is 6. The van der Waals surface area contributed by atoms with Crippen molar-refractivity contribution in [2.75, 3.05) is 38.8 Å². The van der Waals surface area contributed by atoms with Crippen LogP contribution >= 0.6 is 11.3 Å². The second-order valence-corrected chi connectivity index (χ2v) is 6.08. The topological polar surface area (TPSA) is 62.6 Å². The minimum absolute atomic E-state index is 0.533. The van der Waals surface area contributed by atoms with Crippen LogP contribution in [0.4, 0.5) is 5.00 Å². The summed E-state index contributed by atoms with van der Waals surface area (Å²) in [4.78, 5) is 14.2. The number of methoxy groups -OCH3 is 2. The van der Waals surface area contributed by atoms with E-state index in [2.05, 4.69) is 11.0 Å². The van der Waals surface area contributed by atoms with Crippen molar-refractivity contribution in [3.05, 3.63) is 34.7 Å². The number of benzene rings is 1. The molecule has 0 saturated carbocycles. The molecular formula is C18H20N2O3S. The molecular weight excluding hydrogens is 324 g/mol. The number of ether oxygens (including phenoxy) is 2. The van der Waals surface area contributed by atoms with Gasteiger partial charge >= 0.3 is 0 Å². The van der Waals surface area contributed by atoms with Crippen LogP contribution in [0.2, 0.25) is 0 Å². The van der Waals surface area contributed by atoms with Gasteiger partial charge in [0.15, 0.2) is 6.29 Å². The third kappa shape index (κ3) is 3.58. The van der Waals surface area contributed by atoms with E-state index in [0.717, 1.165) is 29.1 Å². The molecule has 24 heavy (non-hydrogen) atoms. The quantitative estimate of drug-likeness (QED) is 0.685. The Morgan fingerprint density at radius 3 is 2.50 bits per heavy atom. The van der Waals surface area contributed by atoms with Crippen molar-refractivity contribution in [2.24, 2.45) is 0 Å². The lowest BCUT2D eigenvalue weighted by atomic mass is 10.0. The molecule has 1 aromatic heterocycles. The van der Waals surface area contributed by atoms with E-state index in [4.69, 9.17) is 9.47 Å². The predicted octanol–water partition coefficient (Wildman–Crippen LogP) is 3.58. The number of likely N-dealkylation sites (N-methyl/N-ethyl adjacent to an activating group) is 1. The predicted molar refractivity (Wildman–Crippen MR) is 96.2 cm³/mol. The van der Waals surface area contributed by atoms with Gasteiger partial charge in [0.05, 0.1) is 24.2 Å². The standard InChI is InChI=1S/C18H20N2O3S/c1-4-20(9-10-22-2)18-15(11-19)17(16(12-21)24-18)13-5-7-14(23-3)8-6-13/h5-8,12H,4,9-10H2,1-3H3. The highest BCUT2D eigenvalue weighted by Crippen LogP contribution is 2.41. The van der Waals surface area contributed by atoms with Crippen LogP contribution < -0.4 is 9.64 Å². The molecule has 0 fully saturated rings. The number of carbonyl (C=O) groups excluding carboxylic acids is 1. The van der Waals surface area contributed by atoms with E-state index < -0.39 is 0 Å². The van der Waals surface area contributed by atoms with Crippen LogP contribution in [0.5, 0.6) is 5.75 Å². The van der Waals surface area contributed by atoms with Crippen molar-refractivity contribution in [1.82, 2.24) is 0 Å². The molecule has 0 aliphatic carbocycles. The van der Waals surface area contributed by atoms with Gasteiger partial charge in [-0.15, -0.1) is 11.3 Å². The van der Waals surface area contributed by atoms with Crippen LogP contribution in [0.1, 0.15) is 22.2 Å². The average Bonchev–Trinajstić information content (AvgIpc) is 3.01. The normalized spacial score (nSPS) is 10.2. The molecule has 0 amide bonds. The molecule has 2 rings (SSSR count). The molecule has 1 heterocycles. The van der Waals surface area contributed by atoms with E-state index in [0.29, 0.717) is 29.2 Å². The third-order valence-corrected chi connectivity index (χ3v) is 4.92. The zero-order valence-corrected chi connectivity index (χ0v) is 14.9. The van der Waals surface area contributed by atoms with Gasteiger partial charge in [-0.2, -0.15) is 5.26 Å². The Labute approximate surface area is 146 Å². The first-order chi connectivity index (χ1) is 11.7. The van der Waals surface area contributed by atoms with Gasteiger partial charge in [0.25, 0.3) is 0 Å². The van der Waals surface area contributed by atoms with E-state index in [1.165, 1.54) is 11.3 Å². The highest BCUT2D eigenvalue weighted by molar-refractivity contribution is 7.18. The largest absolute Gasteiger partial charge is 0.497 e. The second-order valence-electron chi connectivity index (χ2n) is 5.05. The Morgan fingerprint density at radius 2 is 2.00 bits per heavy atom. The van der Waals surface area contributed by atoms with Gasteiger partial charge in [-0.25, -0.2) is 0 Å². The smallest absolute Gasteiger partial charge is 0.160 e. The fourth-order valence-electron chi connectivity index (χ4n) is 2.49. The van der Waals surface area contributed by atoms with E-state index >= 15 is 0 Å². The molecule has 6 heteroatoms. The zero-order valence-electron chi connectivity index (χ0n) is 14.0. The summed E-state index contributed by atoms with van der Waals surface area (Å²) in [5.41, 5.74) is 2.05. The zero-order chi connectivity index (χ0) is 17.5. The summed E-state index contributed by atoms with van der Waals surface area (Å²) in [5.74, 6) is 0.732. The molecule has 0 unspecified atom stereocenters. The first-order valence-corrected chi connectivity index (χ1v) is 8.42. The summed E-state index contributed by atoms with van der Waals surface area (Å²) in [6, 6.07) is 9.65. The monoisotopic (exact) mass is 344 g/mol. The van der Waals surface area contributed by atoms with Crippen LogP contribution in [-0.2, 0) is 4.74 Å². The van der Waals surface area contributed by atoms with E-state index in [1.54, 1.807) is 14.2 Å². The molecule has 126 valence electrons. The van der Waals surface area contributed by atoms with Crippen LogP contribution in [0.15, 0.2) is 24.3 Å². The molecule has 0 N–H and O–H groups in total. The third-order valence-electron chi connectivity index (χ3n) is 3.75. The maximum absolute atomic E-state index is 11.6. The van der Waals surface area contributed by atoms with Crippen LogP contribution in [-0.4, -0.2) is 40.2 Å². The summed E-state index contributed by atoms with van der Waals surface area (Å²) < 4.78 is 10.3. The lowest BCUT2D eigenvalue weighted by molar-refractivity contribution is 0.112. The number of thiophene rings is 1. The van der Waals surface area contributed by atoms with E-state index in [1.807, 2.05) is 31.2 Å². The van der Waals surface area contributed by atoms with Crippen molar-refractivity contribution in [2.45, 2.75) is 6.92 Å². The lowest BCUT2D eigenvalue weighted by Gasteiger charge is -2.21. The van der Waals surface area contributed by atoms with Crippen LogP contribution in [0, 0.1) is 11.3 Å². The average molecular weight is 344 g/mol. The molecule has 0 atom stereocenters. The molecule has 0 radical (unpaired) electrons. The number of carbonyl (C=O) groups is 1. The van der Waals surface area contributed by atoms with Crippen molar-refractivity contribution in [3.63, 3.8) is 0 Å². The summed E-state index contributed by atoms with van der Waals surface area (Å²) in [6.45, 7) is 3.98. The number of nitrogens with zero attached hydrogens (tertiary/aromatic N) is 2. The number of anilines is 1. The van der Waals surface area contributed by atoms with Gasteiger partial charge in [0, 0.05) is 25.8 Å². The maximum Gasteiger partial charge on any atom is 0.160 e. The number of hydrogen-bond donors (Lipinski definition) is 0. The Kier molecular flexibility index (Phi) is 6.36. The second kappa shape index (κ2) is 8.48. The van der Waals surface area contributed by atoms with Crippen molar-refractivity contribution < 1.29 is 14.3 Å². The van der Waals surface area contributed by atoms with Gasteiger partial charge < -0.3 is 14.4 Å². The number of nitriles is 1. The molecule has 2 aromatic rings. The fraction of sp³-hybridized carbons (Fsp3) is 0.333. The van der Waals surface area contributed by atoms with E-state index in [-0.39, 0.29) is 0 Å². The molecule has 0 aliphatic heterocycles. The maximum atomic E-state index is 11.6. The highest BCUT2D eigenvalue weighted by Gasteiger charge is 2.22. The minimum Gasteiger partial charge on any atom is -0.497 e. The Balaban J connectivity index is 2.54. The highest BCUT2D eigenvalue weighted by atomic mass is 32.1. The van der Waals surface area contributed by atoms with Crippen molar-refractivity contribution >= 4 is 22.6 Å². The minimum atomic E-state index is 0.533. The number of aldehydes is 1.